The number of nitrogens with one attached hydrogen (secondary N) is 1. The molecule has 1 fully saturated rings. The molecule has 110 valence electrons. The Balaban J connectivity index is 2.26. The third kappa shape index (κ3) is 3.03. The summed E-state index contributed by atoms with van der Waals surface area (Å²) >= 11 is 12.2. The van der Waals surface area contributed by atoms with Crippen molar-refractivity contribution in [3.8, 4) is 5.75 Å². The molecule has 2 rings (SSSR count). The standard InChI is InChI=1S/C14H18Cl2N2O2/c1-18(2)14(20)10-7-8(5-6-17-10)12-11(19)4-3-9(15)13(12)16/h3-4,8,10,17,19H,5-7H2,1-2H3/t8-,10+/m0/s1. The molecule has 6 heteroatoms. The van der Waals surface area contributed by atoms with Crippen LogP contribution in [0.5, 0.6) is 5.75 Å². The molecule has 0 unspecified atom stereocenters. The van der Waals surface area contributed by atoms with Crippen molar-refractivity contribution in [1.29, 1.82) is 0 Å². The number of phenolic OH excluding ortho intramolecular Hbond substituents is 1. The van der Waals surface area contributed by atoms with E-state index in [4.69, 9.17) is 23.2 Å². The zero-order valence-corrected chi connectivity index (χ0v) is 13.0. The van der Waals surface area contributed by atoms with E-state index in [2.05, 4.69) is 5.32 Å². The van der Waals surface area contributed by atoms with Gasteiger partial charge < -0.3 is 15.3 Å². The Hall–Kier alpha value is -0.970. The normalized spacial score (nSPS) is 22.6. The van der Waals surface area contributed by atoms with Crippen molar-refractivity contribution in [3.05, 3.63) is 27.7 Å². The molecule has 1 heterocycles. The van der Waals surface area contributed by atoms with Crippen LogP contribution in [0.1, 0.15) is 24.3 Å². The number of aromatic hydroxyl groups is 1. The largest absolute Gasteiger partial charge is 0.508 e. The number of phenols is 1. The molecule has 20 heavy (non-hydrogen) atoms. The predicted octanol–water partition coefficient (Wildman–Crippen LogP) is 2.62. The molecule has 0 bridgehead atoms. The number of carbonyl (C=O) groups is 1. The van der Waals surface area contributed by atoms with Crippen LogP contribution in [-0.2, 0) is 4.79 Å². The van der Waals surface area contributed by atoms with Crippen LogP contribution in [-0.4, -0.2) is 42.6 Å². The van der Waals surface area contributed by atoms with Gasteiger partial charge in [-0.3, -0.25) is 4.79 Å². The monoisotopic (exact) mass is 316 g/mol. The van der Waals surface area contributed by atoms with Crippen LogP contribution in [0.2, 0.25) is 10.0 Å². The van der Waals surface area contributed by atoms with Gasteiger partial charge in [0, 0.05) is 19.7 Å². The molecular weight excluding hydrogens is 299 g/mol. The zero-order valence-electron chi connectivity index (χ0n) is 11.5. The number of rotatable bonds is 2. The number of nitrogens with zero attached hydrogens (tertiary/aromatic N) is 1. The maximum Gasteiger partial charge on any atom is 0.239 e. The molecule has 1 amide bonds. The molecular formula is C14H18Cl2N2O2. The first-order chi connectivity index (χ1) is 9.41. The molecule has 1 aliphatic heterocycles. The maximum absolute atomic E-state index is 12.1. The molecule has 0 aromatic heterocycles. The van der Waals surface area contributed by atoms with E-state index in [1.54, 1.807) is 31.1 Å². The van der Waals surface area contributed by atoms with Gasteiger partial charge in [0.05, 0.1) is 16.1 Å². The average Bonchev–Trinajstić information content (AvgIpc) is 2.43. The van der Waals surface area contributed by atoms with Crippen molar-refractivity contribution >= 4 is 29.1 Å². The van der Waals surface area contributed by atoms with Gasteiger partial charge in [-0.25, -0.2) is 0 Å². The Labute approximate surface area is 128 Å². The fourth-order valence-electron chi connectivity index (χ4n) is 2.62. The van der Waals surface area contributed by atoms with Crippen LogP contribution in [0, 0.1) is 0 Å². The Kier molecular flexibility index (Phi) is 4.78. The SMILES string of the molecule is CN(C)C(=O)[C@H]1C[C@@H](c2c(O)ccc(Cl)c2Cl)CCN1. The lowest BCUT2D eigenvalue weighted by atomic mass is 9.85. The number of piperidine rings is 1. The van der Waals surface area contributed by atoms with E-state index in [0.29, 0.717) is 28.6 Å². The fourth-order valence-corrected chi connectivity index (χ4v) is 3.10. The highest BCUT2D eigenvalue weighted by Crippen LogP contribution is 2.41. The van der Waals surface area contributed by atoms with Crippen molar-refractivity contribution in [2.75, 3.05) is 20.6 Å². The molecule has 1 aromatic carbocycles. The second kappa shape index (κ2) is 6.20. The molecule has 2 atom stereocenters. The molecule has 2 N–H and O–H groups in total. The molecule has 0 spiro atoms. The number of hydrogen-bond donors (Lipinski definition) is 2. The molecule has 1 aliphatic rings. The van der Waals surface area contributed by atoms with Gasteiger partial charge in [0.25, 0.3) is 0 Å². The minimum Gasteiger partial charge on any atom is -0.508 e. The second-order valence-corrected chi connectivity index (χ2v) is 6.04. The Morgan fingerprint density at radius 2 is 2.10 bits per heavy atom. The van der Waals surface area contributed by atoms with Crippen molar-refractivity contribution in [2.24, 2.45) is 0 Å². The van der Waals surface area contributed by atoms with E-state index in [1.807, 2.05) is 0 Å². The lowest BCUT2D eigenvalue weighted by Crippen LogP contribution is -2.47. The number of amides is 1. The minimum atomic E-state index is -0.252. The third-order valence-corrected chi connectivity index (χ3v) is 4.48. The summed E-state index contributed by atoms with van der Waals surface area (Å²) in [5.41, 5.74) is 0.650. The van der Waals surface area contributed by atoms with Crippen molar-refractivity contribution < 1.29 is 9.90 Å². The fraction of sp³-hybridized carbons (Fsp3) is 0.500. The number of likely N-dealkylation sites (N-methyl/N-ethyl adjacent to an activating group) is 1. The number of halogens is 2. The molecule has 1 aromatic rings. The molecule has 0 saturated carbocycles. The lowest BCUT2D eigenvalue weighted by Gasteiger charge is -2.32. The first-order valence-corrected chi connectivity index (χ1v) is 7.28. The van der Waals surface area contributed by atoms with E-state index >= 15 is 0 Å². The Bertz CT molecular complexity index is 520. The van der Waals surface area contributed by atoms with E-state index in [1.165, 1.54) is 0 Å². The lowest BCUT2D eigenvalue weighted by molar-refractivity contribution is -0.131. The van der Waals surface area contributed by atoms with Gasteiger partial charge in [0.15, 0.2) is 0 Å². The predicted molar refractivity (Wildman–Crippen MR) is 80.6 cm³/mol. The summed E-state index contributed by atoms with van der Waals surface area (Å²) < 4.78 is 0. The van der Waals surface area contributed by atoms with Crippen LogP contribution < -0.4 is 5.32 Å². The van der Waals surface area contributed by atoms with Gasteiger partial charge in [-0.2, -0.15) is 0 Å². The van der Waals surface area contributed by atoms with Gasteiger partial charge >= 0.3 is 0 Å². The quantitative estimate of drug-likeness (QED) is 0.882. The summed E-state index contributed by atoms with van der Waals surface area (Å²) in [6, 6.07) is 2.87. The van der Waals surface area contributed by atoms with Crippen molar-refractivity contribution in [3.63, 3.8) is 0 Å². The third-order valence-electron chi connectivity index (χ3n) is 3.66. The topological polar surface area (TPSA) is 52.6 Å². The summed E-state index contributed by atoms with van der Waals surface area (Å²) in [5.74, 6) is 0.200. The van der Waals surface area contributed by atoms with Crippen LogP contribution in [0.15, 0.2) is 12.1 Å². The van der Waals surface area contributed by atoms with Gasteiger partial charge in [-0.15, -0.1) is 0 Å². The van der Waals surface area contributed by atoms with Crippen LogP contribution in [0.4, 0.5) is 0 Å². The molecule has 0 radical (unpaired) electrons. The summed E-state index contributed by atoms with van der Waals surface area (Å²) in [4.78, 5) is 13.6. The number of hydrogen-bond acceptors (Lipinski definition) is 3. The smallest absolute Gasteiger partial charge is 0.239 e. The van der Waals surface area contributed by atoms with E-state index in [9.17, 15) is 9.90 Å². The minimum absolute atomic E-state index is 0.0244. The van der Waals surface area contributed by atoms with Crippen LogP contribution >= 0.6 is 23.2 Å². The number of carbonyl (C=O) groups excluding carboxylic acids is 1. The summed E-state index contributed by atoms with van der Waals surface area (Å²) in [6.07, 6.45) is 1.41. The number of benzene rings is 1. The first kappa shape index (κ1) is 15.4. The highest BCUT2D eigenvalue weighted by atomic mass is 35.5. The van der Waals surface area contributed by atoms with Gasteiger partial charge in [-0.05, 0) is 37.4 Å². The highest BCUT2D eigenvalue weighted by molar-refractivity contribution is 6.42. The average molecular weight is 317 g/mol. The summed E-state index contributed by atoms with van der Waals surface area (Å²) in [5, 5.41) is 14.1. The van der Waals surface area contributed by atoms with Gasteiger partial charge in [0.1, 0.15) is 5.75 Å². The van der Waals surface area contributed by atoms with Gasteiger partial charge in [-0.1, -0.05) is 23.2 Å². The zero-order chi connectivity index (χ0) is 14.9. The molecule has 1 saturated heterocycles. The first-order valence-electron chi connectivity index (χ1n) is 6.53. The Morgan fingerprint density at radius 3 is 2.75 bits per heavy atom. The maximum atomic E-state index is 12.1. The van der Waals surface area contributed by atoms with Crippen molar-refractivity contribution in [1.82, 2.24) is 10.2 Å². The molecule has 0 aliphatic carbocycles. The summed E-state index contributed by atoms with van der Waals surface area (Å²) in [7, 11) is 3.47. The van der Waals surface area contributed by atoms with E-state index < -0.39 is 0 Å². The van der Waals surface area contributed by atoms with E-state index in [-0.39, 0.29) is 23.6 Å². The van der Waals surface area contributed by atoms with E-state index in [0.717, 1.165) is 6.42 Å². The summed E-state index contributed by atoms with van der Waals surface area (Å²) in [6.45, 7) is 0.706. The van der Waals surface area contributed by atoms with Crippen molar-refractivity contribution in [2.45, 2.75) is 24.8 Å². The van der Waals surface area contributed by atoms with Gasteiger partial charge in [0.2, 0.25) is 5.91 Å². The molecule has 4 nitrogen and oxygen atoms in total. The van der Waals surface area contributed by atoms with Crippen LogP contribution in [0.25, 0.3) is 0 Å². The highest BCUT2D eigenvalue weighted by Gasteiger charge is 2.31. The second-order valence-electron chi connectivity index (χ2n) is 5.25. The van der Waals surface area contributed by atoms with Crippen LogP contribution in [0.3, 0.4) is 0 Å². The Morgan fingerprint density at radius 1 is 1.40 bits per heavy atom.